The standard InChI is InChI=1S/C28H40N2O5S/c31-18-9-2-1-8-16-30-24-26(33)29(20-12-5-3-6-13-20)17-11-15-28(24)23(25(30)32)22-21(36-28)14-7-4-10-19-35-27(22)34/h7,11,14-15,20-24,31H,1-6,8-10,12-13,16-19H2/b14-7-/t21-,22+,23-,24?,28-/m0/s1. The van der Waals surface area contributed by atoms with E-state index in [1.807, 2.05) is 9.80 Å². The zero-order chi connectivity index (χ0) is 25.1. The fourth-order valence-electron chi connectivity index (χ4n) is 6.98. The average molecular weight is 517 g/mol. The zero-order valence-corrected chi connectivity index (χ0v) is 22.0. The second-order valence-electron chi connectivity index (χ2n) is 10.9. The fraction of sp³-hybridized carbons (Fsp3) is 0.750. The number of thioether (sulfide) groups is 1. The monoisotopic (exact) mass is 516 g/mol. The third kappa shape index (κ3) is 4.64. The van der Waals surface area contributed by atoms with Gasteiger partial charge in [-0.1, -0.05) is 56.4 Å². The maximum Gasteiger partial charge on any atom is 0.311 e. The number of aliphatic hydroxyl groups excluding tert-OH is 1. The minimum atomic E-state index is -0.749. The van der Waals surface area contributed by atoms with Gasteiger partial charge in [0, 0.05) is 31.0 Å². The Kier molecular flexibility index (Phi) is 8.11. The molecule has 4 heterocycles. The number of esters is 1. The molecule has 5 atom stereocenters. The van der Waals surface area contributed by atoms with Crippen molar-refractivity contribution in [2.24, 2.45) is 11.8 Å². The van der Waals surface area contributed by atoms with E-state index in [4.69, 9.17) is 9.84 Å². The van der Waals surface area contributed by atoms with Crippen LogP contribution in [0.4, 0.5) is 0 Å². The zero-order valence-electron chi connectivity index (χ0n) is 21.2. The number of ether oxygens (including phenoxy) is 1. The quantitative estimate of drug-likeness (QED) is 0.317. The Labute approximate surface area is 218 Å². The lowest BCUT2D eigenvalue weighted by atomic mass is 9.78. The van der Waals surface area contributed by atoms with E-state index in [-0.39, 0.29) is 35.7 Å². The molecule has 3 fully saturated rings. The van der Waals surface area contributed by atoms with Crippen LogP contribution < -0.4 is 0 Å². The Morgan fingerprint density at radius 2 is 1.81 bits per heavy atom. The van der Waals surface area contributed by atoms with Crippen molar-refractivity contribution in [1.29, 1.82) is 0 Å². The Balaban J connectivity index is 1.49. The lowest BCUT2D eigenvalue weighted by Crippen LogP contribution is -2.55. The van der Waals surface area contributed by atoms with Crippen molar-refractivity contribution in [3.05, 3.63) is 24.3 Å². The van der Waals surface area contributed by atoms with Crippen molar-refractivity contribution >= 4 is 29.5 Å². The summed E-state index contributed by atoms with van der Waals surface area (Å²) in [6.45, 7) is 1.62. The highest BCUT2D eigenvalue weighted by Gasteiger charge is 2.71. The van der Waals surface area contributed by atoms with Gasteiger partial charge in [0.05, 0.1) is 23.2 Å². The molecule has 36 heavy (non-hydrogen) atoms. The number of carbonyl (C=O) groups is 3. The molecule has 1 saturated carbocycles. The minimum Gasteiger partial charge on any atom is -0.465 e. The van der Waals surface area contributed by atoms with Gasteiger partial charge in [0.15, 0.2) is 0 Å². The van der Waals surface area contributed by atoms with Crippen LogP contribution >= 0.6 is 11.8 Å². The molecule has 4 aliphatic heterocycles. The Hall–Kier alpha value is -1.80. The number of cyclic esters (lactones) is 1. The average Bonchev–Trinajstić information content (AvgIpc) is 3.29. The van der Waals surface area contributed by atoms with Gasteiger partial charge in [0.25, 0.3) is 0 Å². The predicted octanol–water partition coefficient (Wildman–Crippen LogP) is 3.46. The van der Waals surface area contributed by atoms with Crippen LogP contribution in [0.5, 0.6) is 0 Å². The molecule has 0 aromatic carbocycles. The molecule has 1 N–H and O–H groups in total. The van der Waals surface area contributed by atoms with Gasteiger partial charge in [-0.25, -0.2) is 0 Å². The molecule has 8 heteroatoms. The molecule has 0 radical (unpaired) electrons. The van der Waals surface area contributed by atoms with Crippen LogP contribution in [0, 0.1) is 11.8 Å². The van der Waals surface area contributed by atoms with Gasteiger partial charge < -0.3 is 19.6 Å². The Morgan fingerprint density at radius 1 is 1.00 bits per heavy atom. The molecular formula is C28H40N2O5S. The molecule has 0 aromatic rings. The summed E-state index contributed by atoms with van der Waals surface area (Å²) in [5.74, 6) is -1.48. The molecular weight excluding hydrogens is 476 g/mol. The first-order valence-corrected chi connectivity index (χ1v) is 14.9. The lowest BCUT2D eigenvalue weighted by molar-refractivity contribution is -0.153. The van der Waals surface area contributed by atoms with Crippen molar-refractivity contribution in [2.75, 3.05) is 26.3 Å². The summed E-state index contributed by atoms with van der Waals surface area (Å²) < 4.78 is 4.89. The van der Waals surface area contributed by atoms with E-state index in [9.17, 15) is 14.4 Å². The van der Waals surface area contributed by atoms with Gasteiger partial charge in [-0.3, -0.25) is 14.4 Å². The highest BCUT2D eigenvalue weighted by molar-refractivity contribution is 8.02. The summed E-state index contributed by atoms with van der Waals surface area (Å²) in [6, 6.07) is -0.366. The van der Waals surface area contributed by atoms with Crippen LogP contribution in [0.3, 0.4) is 0 Å². The van der Waals surface area contributed by atoms with Gasteiger partial charge in [-0.2, -0.15) is 0 Å². The maximum absolute atomic E-state index is 14.3. The summed E-state index contributed by atoms with van der Waals surface area (Å²) in [4.78, 5) is 45.6. The SMILES string of the molecule is O=C1OCCC/C=C\[C@@H]2S[C@]34C=CCN(C5CCCCC5)C(=O)C3N(CCCCCCO)C(=O)[C@@H]4[C@H]12. The van der Waals surface area contributed by atoms with Crippen LogP contribution in [-0.4, -0.2) is 81.1 Å². The Morgan fingerprint density at radius 3 is 2.61 bits per heavy atom. The Bertz CT molecular complexity index is 900. The van der Waals surface area contributed by atoms with Crippen LogP contribution in [0.1, 0.15) is 70.6 Å². The van der Waals surface area contributed by atoms with Crippen LogP contribution in [-0.2, 0) is 19.1 Å². The third-order valence-electron chi connectivity index (χ3n) is 8.70. The van der Waals surface area contributed by atoms with Crippen LogP contribution in [0.2, 0.25) is 0 Å². The van der Waals surface area contributed by atoms with Crippen LogP contribution in [0.25, 0.3) is 0 Å². The number of aliphatic hydroxyl groups is 1. The first-order valence-electron chi connectivity index (χ1n) is 14.0. The fourth-order valence-corrected chi connectivity index (χ4v) is 8.98. The third-order valence-corrected chi connectivity index (χ3v) is 10.4. The number of unbranched alkanes of at least 4 members (excludes halogenated alkanes) is 3. The van der Waals surface area contributed by atoms with Crippen molar-refractivity contribution in [1.82, 2.24) is 9.80 Å². The topological polar surface area (TPSA) is 87.2 Å². The number of hydrogen-bond acceptors (Lipinski definition) is 6. The van der Waals surface area contributed by atoms with E-state index in [1.165, 1.54) is 6.42 Å². The molecule has 2 amide bonds. The van der Waals surface area contributed by atoms with E-state index in [0.29, 0.717) is 19.7 Å². The summed E-state index contributed by atoms with van der Waals surface area (Å²) in [5, 5.41) is 8.96. The first-order chi connectivity index (χ1) is 17.6. The normalized spacial score (nSPS) is 35.9. The minimum absolute atomic E-state index is 0.0504. The van der Waals surface area contributed by atoms with Crippen molar-refractivity contribution in [3.63, 3.8) is 0 Å². The van der Waals surface area contributed by atoms with Crippen molar-refractivity contribution < 1.29 is 24.2 Å². The number of amides is 2. The lowest BCUT2D eigenvalue weighted by Gasteiger charge is -2.39. The molecule has 0 bridgehead atoms. The van der Waals surface area contributed by atoms with Gasteiger partial charge in [-0.05, 0) is 38.5 Å². The van der Waals surface area contributed by atoms with Gasteiger partial charge in [0.1, 0.15) is 6.04 Å². The van der Waals surface area contributed by atoms with E-state index in [2.05, 4.69) is 24.3 Å². The summed E-state index contributed by atoms with van der Waals surface area (Å²) >= 11 is 1.64. The molecule has 7 nitrogen and oxygen atoms in total. The van der Waals surface area contributed by atoms with Gasteiger partial charge in [-0.15, -0.1) is 11.8 Å². The number of carbonyl (C=O) groups excluding carboxylic acids is 3. The second-order valence-corrected chi connectivity index (χ2v) is 12.4. The second kappa shape index (κ2) is 11.3. The van der Waals surface area contributed by atoms with Gasteiger partial charge in [0.2, 0.25) is 11.8 Å². The van der Waals surface area contributed by atoms with E-state index < -0.39 is 22.6 Å². The molecule has 5 rings (SSSR count). The number of likely N-dealkylation sites (tertiary alicyclic amines) is 1. The summed E-state index contributed by atoms with van der Waals surface area (Å²) in [6.07, 6.45) is 18.9. The largest absolute Gasteiger partial charge is 0.465 e. The highest BCUT2D eigenvalue weighted by Crippen LogP contribution is 2.60. The van der Waals surface area contributed by atoms with Crippen LogP contribution in [0.15, 0.2) is 24.3 Å². The molecule has 198 valence electrons. The maximum atomic E-state index is 14.3. The van der Waals surface area contributed by atoms with Crippen molar-refractivity contribution in [3.8, 4) is 0 Å². The number of allylic oxidation sites excluding steroid dienone is 1. The number of hydrogen-bond donors (Lipinski definition) is 1. The molecule has 1 unspecified atom stereocenters. The van der Waals surface area contributed by atoms with E-state index >= 15 is 0 Å². The highest BCUT2D eigenvalue weighted by atomic mass is 32.2. The number of fused-ring (bicyclic) bond motifs is 2. The molecule has 5 aliphatic rings. The molecule has 1 aliphatic carbocycles. The van der Waals surface area contributed by atoms with E-state index in [0.717, 1.165) is 64.2 Å². The predicted molar refractivity (Wildman–Crippen MR) is 139 cm³/mol. The van der Waals surface area contributed by atoms with Gasteiger partial charge >= 0.3 is 5.97 Å². The number of nitrogens with zero attached hydrogens (tertiary/aromatic N) is 2. The summed E-state index contributed by atoms with van der Waals surface area (Å²) in [7, 11) is 0. The molecule has 1 spiro atoms. The van der Waals surface area contributed by atoms with Crippen molar-refractivity contribution in [2.45, 2.75) is 92.7 Å². The van der Waals surface area contributed by atoms with E-state index in [1.54, 1.807) is 11.8 Å². The summed E-state index contributed by atoms with van der Waals surface area (Å²) in [5.41, 5.74) is 0. The smallest absolute Gasteiger partial charge is 0.311 e. The number of rotatable bonds is 7. The first kappa shape index (κ1) is 25.8. The molecule has 2 saturated heterocycles. The molecule has 0 aromatic heterocycles.